The molecule has 0 aliphatic carbocycles. The highest BCUT2D eigenvalue weighted by atomic mass is 35.5. The van der Waals surface area contributed by atoms with Gasteiger partial charge in [0.05, 0.1) is 5.69 Å². The van der Waals surface area contributed by atoms with E-state index in [0.717, 1.165) is 0 Å². The Kier molecular flexibility index (Phi) is 5.99. The lowest BCUT2D eigenvalue weighted by atomic mass is 10.1. The topological polar surface area (TPSA) is 121 Å². The number of likely N-dealkylation sites (tertiary alicyclic amines) is 1. The fourth-order valence-corrected chi connectivity index (χ4v) is 4.71. The molecule has 31 heavy (non-hydrogen) atoms. The van der Waals surface area contributed by atoms with Crippen molar-refractivity contribution in [1.29, 1.82) is 0 Å². The summed E-state index contributed by atoms with van der Waals surface area (Å²) in [5, 5.41) is 5.65. The smallest absolute Gasteiger partial charge is 0.265 e. The van der Waals surface area contributed by atoms with Crippen LogP contribution in [0.3, 0.4) is 0 Å². The normalized spacial score (nSPS) is 15.8. The van der Waals surface area contributed by atoms with Crippen LogP contribution in [0, 0.1) is 0 Å². The molecular weight excluding hydrogens is 461 g/mol. The van der Waals surface area contributed by atoms with Gasteiger partial charge in [0.15, 0.2) is 5.13 Å². The van der Waals surface area contributed by atoms with Crippen LogP contribution in [-0.4, -0.2) is 45.2 Å². The van der Waals surface area contributed by atoms with E-state index in [1.54, 1.807) is 23.7 Å². The number of anilines is 1. The Morgan fingerprint density at radius 1 is 1.19 bits per heavy atom. The van der Waals surface area contributed by atoms with Gasteiger partial charge in [0, 0.05) is 39.3 Å². The summed E-state index contributed by atoms with van der Waals surface area (Å²) < 4.78 is 0. The monoisotopic (exact) mass is 477 g/mol. The molecular formula is C20H17Cl2N5O3S. The first-order valence-electron chi connectivity index (χ1n) is 9.34. The molecule has 1 aliphatic heterocycles. The van der Waals surface area contributed by atoms with Crippen LogP contribution in [0.5, 0.6) is 0 Å². The summed E-state index contributed by atoms with van der Waals surface area (Å²) >= 11 is 13.3. The van der Waals surface area contributed by atoms with E-state index in [1.165, 1.54) is 28.4 Å². The third kappa shape index (κ3) is 4.58. The number of carbonyl (C=O) groups is 3. The molecule has 2 aromatic heterocycles. The van der Waals surface area contributed by atoms with Gasteiger partial charge in [-0.05, 0) is 37.1 Å². The zero-order valence-electron chi connectivity index (χ0n) is 16.0. The van der Waals surface area contributed by atoms with Crippen LogP contribution in [0.1, 0.15) is 33.7 Å². The van der Waals surface area contributed by atoms with Crippen LogP contribution in [0.2, 0.25) is 10.0 Å². The Labute approximate surface area is 191 Å². The summed E-state index contributed by atoms with van der Waals surface area (Å²) in [4.78, 5) is 45.8. The molecule has 1 fully saturated rings. The fourth-order valence-electron chi connectivity index (χ4n) is 3.46. The molecule has 8 nitrogen and oxygen atoms in total. The Hall–Kier alpha value is -2.88. The minimum Gasteiger partial charge on any atom is -0.364 e. The van der Waals surface area contributed by atoms with E-state index in [9.17, 15) is 14.4 Å². The second-order valence-corrected chi connectivity index (χ2v) is 8.74. The Morgan fingerprint density at radius 2 is 1.94 bits per heavy atom. The number of halogens is 2. The van der Waals surface area contributed by atoms with Gasteiger partial charge in [0.2, 0.25) is 5.91 Å². The molecule has 0 saturated carbocycles. The summed E-state index contributed by atoms with van der Waals surface area (Å²) in [6, 6.07) is 5.59. The molecule has 4 N–H and O–H groups in total. The first-order valence-corrected chi connectivity index (χ1v) is 11.0. The zero-order chi connectivity index (χ0) is 22.1. The average molecular weight is 478 g/mol. The van der Waals surface area contributed by atoms with Gasteiger partial charge in [-0.3, -0.25) is 14.4 Å². The summed E-state index contributed by atoms with van der Waals surface area (Å²) in [5.74, 6) is -1.18. The van der Waals surface area contributed by atoms with Crippen molar-refractivity contribution in [2.24, 2.45) is 5.73 Å². The zero-order valence-corrected chi connectivity index (χ0v) is 18.4. The van der Waals surface area contributed by atoms with Gasteiger partial charge >= 0.3 is 0 Å². The minimum atomic E-state index is -0.619. The van der Waals surface area contributed by atoms with Gasteiger partial charge in [0.1, 0.15) is 11.7 Å². The maximum atomic E-state index is 12.9. The fraction of sp³-hybridized carbons (Fsp3) is 0.200. The van der Waals surface area contributed by atoms with Crippen molar-refractivity contribution >= 4 is 57.4 Å². The number of benzene rings is 1. The molecule has 0 spiro atoms. The van der Waals surface area contributed by atoms with E-state index in [1.807, 2.05) is 0 Å². The van der Waals surface area contributed by atoms with Gasteiger partial charge in [0.25, 0.3) is 11.8 Å². The third-order valence-corrected chi connectivity index (χ3v) is 6.10. The lowest BCUT2D eigenvalue weighted by Gasteiger charge is -2.23. The molecule has 3 aromatic rings. The Morgan fingerprint density at radius 3 is 2.61 bits per heavy atom. The first kappa shape index (κ1) is 21.4. The van der Waals surface area contributed by atoms with Crippen LogP contribution in [0.25, 0.3) is 11.3 Å². The van der Waals surface area contributed by atoms with Crippen molar-refractivity contribution in [1.82, 2.24) is 14.9 Å². The summed E-state index contributed by atoms with van der Waals surface area (Å²) in [6.07, 6.45) is 2.87. The van der Waals surface area contributed by atoms with Crippen molar-refractivity contribution < 1.29 is 14.4 Å². The summed E-state index contributed by atoms with van der Waals surface area (Å²) in [7, 11) is 0. The second kappa shape index (κ2) is 8.70. The van der Waals surface area contributed by atoms with E-state index in [2.05, 4.69) is 15.3 Å². The van der Waals surface area contributed by atoms with Crippen LogP contribution < -0.4 is 11.1 Å². The predicted molar refractivity (Wildman–Crippen MR) is 120 cm³/mol. The van der Waals surface area contributed by atoms with Gasteiger partial charge in [-0.15, -0.1) is 11.3 Å². The van der Waals surface area contributed by atoms with Crippen molar-refractivity contribution in [3.63, 3.8) is 0 Å². The number of amides is 3. The molecule has 3 heterocycles. The number of rotatable bonds is 5. The lowest BCUT2D eigenvalue weighted by Crippen LogP contribution is -2.43. The molecule has 0 radical (unpaired) electrons. The van der Waals surface area contributed by atoms with E-state index in [4.69, 9.17) is 28.9 Å². The molecule has 4 rings (SSSR count). The van der Waals surface area contributed by atoms with Crippen LogP contribution in [0.4, 0.5) is 5.13 Å². The third-order valence-electron chi connectivity index (χ3n) is 4.90. The lowest BCUT2D eigenvalue weighted by molar-refractivity contribution is -0.119. The molecule has 1 saturated heterocycles. The average Bonchev–Trinajstić information content (AvgIpc) is 3.46. The molecule has 160 valence electrons. The number of thiazole rings is 1. The van der Waals surface area contributed by atoms with Gasteiger partial charge in [-0.2, -0.15) is 0 Å². The number of hydrogen-bond donors (Lipinski definition) is 3. The van der Waals surface area contributed by atoms with Gasteiger partial charge in [-0.1, -0.05) is 23.2 Å². The van der Waals surface area contributed by atoms with Crippen LogP contribution in [-0.2, 0) is 4.79 Å². The number of hydrogen-bond acceptors (Lipinski definition) is 5. The summed E-state index contributed by atoms with van der Waals surface area (Å²) in [6.45, 7) is 0.462. The number of nitrogens with two attached hydrogens (primary N) is 1. The standard InChI is InChI=1S/C20H17Cl2N5O3S/c21-12-4-10(5-13(22)7-12)19(30)27-3-1-2-16(27)18(29)26-20-25-15(9-31-20)11-6-14(17(23)28)24-8-11/h4-9,16,24H,1-3H2,(H2,23,28)(H,25,26,29). The maximum absolute atomic E-state index is 12.9. The van der Waals surface area contributed by atoms with Crippen LogP contribution in [0.15, 0.2) is 35.8 Å². The molecule has 1 atom stereocenters. The SMILES string of the molecule is NC(=O)c1cc(-c2csc(NC(=O)C3CCCN3C(=O)c3cc(Cl)cc(Cl)c3)n2)c[nH]1. The molecule has 1 aromatic carbocycles. The van der Waals surface area contributed by atoms with Crippen molar-refractivity contribution in [2.45, 2.75) is 18.9 Å². The largest absolute Gasteiger partial charge is 0.364 e. The Balaban J connectivity index is 1.47. The molecule has 11 heteroatoms. The second-order valence-electron chi connectivity index (χ2n) is 7.01. The highest BCUT2D eigenvalue weighted by molar-refractivity contribution is 7.14. The van der Waals surface area contributed by atoms with Crippen molar-refractivity contribution in [3.8, 4) is 11.3 Å². The number of carbonyl (C=O) groups excluding carboxylic acids is 3. The van der Waals surface area contributed by atoms with Crippen molar-refractivity contribution in [3.05, 3.63) is 57.1 Å². The molecule has 3 amide bonds. The molecule has 1 unspecified atom stereocenters. The predicted octanol–water partition coefficient (Wildman–Crippen LogP) is 3.79. The van der Waals surface area contributed by atoms with E-state index >= 15 is 0 Å². The quantitative estimate of drug-likeness (QED) is 0.517. The number of nitrogens with one attached hydrogen (secondary N) is 2. The number of primary amides is 1. The van der Waals surface area contributed by atoms with E-state index in [-0.39, 0.29) is 17.5 Å². The number of nitrogens with zero attached hydrogens (tertiary/aromatic N) is 2. The number of aromatic nitrogens is 2. The van der Waals surface area contributed by atoms with E-state index in [0.29, 0.717) is 51.4 Å². The van der Waals surface area contributed by atoms with E-state index < -0.39 is 11.9 Å². The first-order chi connectivity index (χ1) is 14.8. The molecule has 1 aliphatic rings. The van der Waals surface area contributed by atoms with Gasteiger partial charge in [-0.25, -0.2) is 4.98 Å². The van der Waals surface area contributed by atoms with Crippen LogP contribution >= 0.6 is 34.5 Å². The minimum absolute atomic E-state index is 0.273. The number of H-pyrrole nitrogens is 1. The molecule has 0 bridgehead atoms. The Bertz CT molecular complexity index is 1160. The number of aromatic amines is 1. The maximum Gasteiger partial charge on any atom is 0.265 e. The highest BCUT2D eigenvalue weighted by Crippen LogP contribution is 2.28. The van der Waals surface area contributed by atoms with Gasteiger partial charge < -0.3 is 20.9 Å². The highest BCUT2D eigenvalue weighted by Gasteiger charge is 2.35. The summed E-state index contributed by atoms with van der Waals surface area (Å²) in [5.41, 5.74) is 7.14. The van der Waals surface area contributed by atoms with Crippen molar-refractivity contribution in [2.75, 3.05) is 11.9 Å².